The van der Waals surface area contributed by atoms with E-state index in [2.05, 4.69) is 14.9 Å². The summed E-state index contributed by atoms with van der Waals surface area (Å²) in [5.41, 5.74) is 0.463. The number of nitro groups is 1. The van der Waals surface area contributed by atoms with Gasteiger partial charge < -0.3 is 9.64 Å². The van der Waals surface area contributed by atoms with Crippen LogP contribution in [0.5, 0.6) is 0 Å². The van der Waals surface area contributed by atoms with Crippen molar-refractivity contribution in [2.24, 2.45) is 0 Å². The first kappa shape index (κ1) is 24.0. The molecule has 10 nitrogen and oxygen atoms in total. The summed E-state index contributed by atoms with van der Waals surface area (Å²) < 4.78 is 9.90. The summed E-state index contributed by atoms with van der Waals surface area (Å²) in [6.45, 7) is 1.98. The van der Waals surface area contributed by atoms with Crippen LogP contribution in [0.1, 0.15) is 57.8 Å². The Hall–Kier alpha value is -2.69. The zero-order chi connectivity index (χ0) is 22.8. The molecule has 0 aliphatic carbocycles. The van der Waals surface area contributed by atoms with Gasteiger partial charge in [0.25, 0.3) is 0 Å². The van der Waals surface area contributed by atoms with Gasteiger partial charge >= 0.3 is 11.7 Å². The minimum absolute atomic E-state index is 0.0471. The third kappa shape index (κ3) is 6.91. The van der Waals surface area contributed by atoms with Gasteiger partial charge in [0.1, 0.15) is 0 Å². The fraction of sp³-hybridized carbons (Fsp3) is 0.619. The van der Waals surface area contributed by atoms with Crippen molar-refractivity contribution in [1.82, 2.24) is 15.2 Å². The van der Waals surface area contributed by atoms with E-state index in [0.29, 0.717) is 12.1 Å². The van der Waals surface area contributed by atoms with Crippen molar-refractivity contribution in [3.63, 3.8) is 0 Å². The molecule has 0 unspecified atom stereocenters. The third-order valence-corrected chi connectivity index (χ3v) is 6.50. The second-order valence-electron chi connectivity index (χ2n) is 7.73. The van der Waals surface area contributed by atoms with E-state index in [-0.39, 0.29) is 35.9 Å². The molecule has 0 radical (unpaired) electrons. The lowest BCUT2D eigenvalue weighted by Crippen LogP contribution is -2.35. The number of esters is 1. The highest BCUT2D eigenvalue weighted by atomic mass is 32.2. The van der Waals surface area contributed by atoms with E-state index >= 15 is 0 Å². The van der Waals surface area contributed by atoms with Gasteiger partial charge in [-0.25, -0.2) is 4.63 Å². The first-order chi connectivity index (χ1) is 15.6. The van der Waals surface area contributed by atoms with Crippen molar-refractivity contribution < 1.29 is 23.9 Å². The van der Waals surface area contributed by atoms with Crippen LogP contribution in [0.3, 0.4) is 0 Å². The molecule has 1 saturated heterocycles. The van der Waals surface area contributed by atoms with Crippen molar-refractivity contribution >= 4 is 40.4 Å². The van der Waals surface area contributed by atoms with Crippen LogP contribution < -0.4 is 0 Å². The molecule has 11 heteroatoms. The van der Waals surface area contributed by atoms with Crippen LogP contribution in [0, 0.1) is 10.1 Å². The maximum absolute atomic E-state index is 12.1. The van der Waals surface area contributed by atoms with Crippen LogP contribution >= 0.6 is 11.8 Å². The first-order valence-electron chi connectivity index (χ1n) is 11.0. The van der Waals surface area contributed by atoms with E-state index in [4.69, 9.17) is 4.74 Å². The Morgan fingerprint density at radius 2 is 1.81 bits per heavy atom. The molecule has 3 rings (SSSR count). The maximum Gasteiger partial charge on any atom is 0.306 e. The molecule has 2 aromatic rings. The fourth-order valence-corrected chi connectivity index (χ4v) is 4.61. The summed E-state index contributed by atoms with van der Waals surface area (Å²) in [6, 6.07) is 3.09. The number of hydrogen-bond acceptors (Lipinski definition) is 9. The highest BCUT2D eigenvalue weighted by Crippen LogP contribution is 2.32. The smallest absolute Gasteiger partial charge is 0.306 e. The number of unbranched alkanes of at least 4 members (excludes halogenated alkanes) is 3. The zero-order valence-corrected chi connectivity index (χ0v) is 18.8. The van der Waals surface area contributed by atoms with Gasteiger partial charge in [-0.3, -0.25) is 19.7 Å². The number of aromatic nitrogens is 2. The molecule has 174 valence electrons. The molecule has 1 amide bonds. The second-order valence-corrected chi connectivity index (χ2v) is 8.86. The van der Waals surface area contributed by atoms with Crippen molar-refractivity contribution in [2.75, 3.05) is 25.4 Å². The van der Waals surface area contributed by atoms with E-state index in [1.807, 2.05) is 4.90 Å². The Morgan fingerprint density at radius 1 is 1.06 bits per heavy atom. The molecule has 0 saturated carbocycles. The maximum atomic E-state index is 12.1. The van der Waals surface area contributed by atoms with E-state index in [1.165, 1.54) is 12.5 Å². The van der Waals surface area contributed by atoms with Gasteiger partial charge in [-0.2, -0.15) is 0 Å². The number of benzene rings is 1. The molecule has 0 N–H and O–H groups in total. The molecule has 0 bridgehead atoms. The SMILES string of the molecule is O=C(CCC(=O)N1CCCCC1)OCCCCCCSc1ccc([N+](=O)[O-])c2nonc12. The highest BCUT2D eigenvalue weighted by molar-refractivity contribution is 7.99. The number of thioether (sulfide) groups is 1. The zero-order valence-electron chi connectivity index (χ0n) is 18.0. The molecule has 1 aliphatic heterocycles. The third-order valence-electron chi connectivity index (χ3n) is 5.36. The number of carbonyl (C=O) groups is 2. The molecule has 1 aromatic heterocycles. The average molecular weight is 465 g/mol. The van der Waals surface area contributed by atoms with Crippen molar-refractivity contribution in [3.05, 3.63) is 22.2 Å². The molecular formula is C21H28N4O6S. The number of rotatable bonds is 12. The largest absolute Gasteiger partial charge is 0.466 e. The Morgan fingerprint density at radius 3 is 2.59 bits per heavy atom. The lowest BCUT2D eigenvalue weighted by atomic mass is 10.1. The number of nitro benzene ring substituents is 1. The number of fused-ring (bicyclic) bond motifs is 1. The fourth-order valence-electron chi connectivity index (χ4n) is 3.60. The number of piperidine rings is 1. The van der Waals surface area contributed by atoms with Gasteiger partial charge in [0.15, 0.2) is 5.52 Å². The van der Waals surface area contributed by atoms with Crippen LogP contribution in [0.4, 0.5) is 5.69 Å². The van der Waals surface area contributed by atoms with Crippen LogP contribution in [0.2, 0.25) is 0 Å². The Balaban J connectivity index is 1.24. The number of amides is 1. The lowest BCUT2D eigenvalue weighted by molar-refractivity contribution is -0.383. The predicted molar refractivity (Wildman–Crippen MR) is 118 cm³/mol. The lowest BCUT2D eigenvalue weighted by Gasteiger charge is -2.26. The minimum atomic E-state index is -0.500. The number of hydrogen-bond donors (Lipinski definition) is 0. The van der Waals surface area contributed by atoms with E-state index < -0.39 is 4.92 Å². The van der Waals surface area contributed by atoms with Crippen LogP contribution in [0.25, 0.3) is 11.0 Å². The highest BCUT2D eigenvalue weighted by Gasteiger charge is 2.20. The Labute approximate surface area is 190 Å². The van der Waals surface area contributed by atoms with E-state index in [1.54, 1.807) is 17.8 Å². The standard InChI is InChI=1S/C21H28N4O6S/c26-18(24-12-4-3-5-13-24)10-11-19(27)30-14-6-1-2-7-15-32-17-9-8-16(25(28)29)20-21(17)23-31-22-20/h8-9H,1-7,10-15H2. The minimum Gasteiger partial charge on any atom is -0.466 e. The molecule has 1 aliphatic rings. The van der Waals surface area contributed by atoms with Gasteiger partial charge in [-0.15, -0.1) is 11.8 Å². The normalized spacial score (nSPS) is 13.9. The van der Waals surface area contributed by atoms with E-state index in [0.717, 1.165) is 62.3 Å². The van der Waals surface area contributed by atoms with Crippen LogP contribution in [-0.4, -0.2) is 57.5 Å². The topological polar surface area (TPSA) is 129 Å². The molecule has 0 spiro atoms. The van der Waals surface area contributed by atoms with Crippen molar-refractivity contribution in [2.45, 2.75) is 62.7 Å². The summed E-state index contributed by atoms with van der Waals surface area (Å²) in [5.74, 6) is 0.568. The monoisotopic (exact) mass is 464 g/mol. The molecule has 0 atom stereocenters. The predicted octanol–water partition coefficient (Wildman–Crippen LogP) is 4.12. The number of ether oxygens (including phenoxy) is 1. The number of likely N-dealkylation sites (tertiary alicyclic amines) is 1. The quantitative estimate of drug-likeness (QED) is 0.150. The summed E-state index contributed by atoms with van der Waals surface area (Å²) in [4.78, 5) is 37.0. The summed E-state index contributed by atoms with van der Waals surface area (Å²) in [5, 5.41) is 18.4. The van der Waals surface area contributed by atoms with E-state index in [9.17, 15) is 19.7 Å². The summed E-state index contributed by atoms with van der Waals surface area (Å²) >= 11 is 1.56. The van der Waals surface area contributed by atoms with Gasteiger partial charge in [-0.1, -0.05) is 12.8 Å². The Kier molecular flexibility index (Phi) is 9.27. The molecule has 32 heavy (non-hydrogen) atoms. The summed E-state index contributed by atoms with van der Waals surface area (Å²) in [6.07, 6.45) is 7.28. The molecule has 1 fully saturated rings. The number of nitrogens with zero attached hydrogens (tertiary/aromatic N) is 4. The van der Waals surface area contributed by atoms with Gasteiger partial charge in [0, 0.05) is 30.5 Å². The van der Waals surface area contributed by atoms with Crippen molar-refractivity contribution in [3.8, 4) is 0 Å². The second kappa shape index (κ2) is 12.4. The number of non-ortho nitro benzene ring substituents is 1. The molecule has 2 heterocycles. The first-order valence-corrected chi connectivity index (χ1v) is 12.0. The summed E-state index contributed by atoms with van der Waals surface area (Å²) in [7, 11) is 0. The van der Waals surface area contributed by atoms with Gasteiger partial charge in [0.2, 0.25) is 11.4 Å². The van der Waals surface area contributed by atoms with Crippen LogP contribution in [-0.2, 0) is 14.3 Å². The average Bonchev–Trinajstić information content (AvgIpc) is 3.29. The van der Waals surface area contributed by atoms with Gasteiger partial charge in [-0.05, 0) is 54.2 Å². The molecular weight excluding hydrogens is 436 g/mol. The molecule has 1 aromatic carbocycles. The Bertz CT molecular complexity index is 928. The van der Waals surface area contributed by atoms with Crippen LogP contribution in [0.15, 0.2) is 21.7 Å². The van der Waals surface area contributed by atoms with Crippen molar-refractivity contribution in [1.29, 1.82) is 0 Å². The number of carbonyl (C=O) groups excluding carboxylic acids is 2. The van der Waals surface area contributed by atoms with Gasteiger partial charge in [0.05, 0.1) is 18.0 Å².